The van der Waals surface area contributed by atoms with E-state index < -0.39 is 0 Å². The van der Waals surface area contributed by atoms with Gasteiger partial charge >= 0.3 is 0 Å². The molecule has 1 aromatic rings. The summed E-state index contributed by atoms with van der Waals surface area (Å²) >= 11 is 0. The van der Waals surface area contributed by atoms with Gasteiger partial charge in [0.25, 0.3) is 0 Å². The van der Waals surface area contributed by atoms with E-state index in [9.17, 15) is 0 Å². The van der Waals surface area contributed by atoms with Gasteiger partial charge in [0.15, 0.2) is 0 Å². The van der Waals surface area contributed by atoms with E-state index in [1.807, 2.05) is 12.1 Å². The maximum absolute atomic E-state index is 5.76. The van der Waals surface area contributed by atoms with Gasteiger partial charge in [0.2, 0.25) is 0 Å². The van der Waals surface area contributed by atoms with Crippen molar-refractivity contribution in [1.82, 2.24) is 5.32 Å². The van der Waals surface area contributed by atoms with E-state index in [0.717, 1.165) is 37.0 Å². The highest BCUT2D eigenvalue weighted by molar-refractivity contribution is 5.43. The average molecular weight is 291 g/mol. The number of unbranched alkanes of at least 4 members (excludes halogenated alkanes) is 1. The van der Waals surface area contributed by atoms with Gasteiger partial charge in [0.1, 0.15) is 11.5 Å². The molecule has 0 spiro atoms. The van der Waals surface area contributed by atoms with Crippen LogP contribution >= 0.6 is 0 Å². The number of methoxy groups -OCH3 is 1. The van der Waals surface area contributed by atoms with Crippen molar-refractivity contribution in [2.75, 3.05) is 20.3 Å². The lowest BCUT2D eigenvalue weighted by atomic mass is 9.96. The third kappa shape index (κ3) is 4.37. The molecule has 0 aromatic heterocycles. The molecule has 2 unspecified atom stereocenters. The molecular weight excluding hydrogens is 262 g/mol. The predicted molar refractivity (Wildman–Crippen MR) is 87.2 cm³/mol. The Morgan fingerprint density at radius 3 is 2.95 bits per heavy atom. The van der Waals surface area contributed by atoms with Crippen LogP contribution in [0.4, 0.5) is 0 Å². The highest BCUT2D eigenvalue weighted by Crippen LogP contribution is 2.34. The summed E-state index contributed by atoms with van der Waals surface area (Å²) < 4.78 is 11.1. The van der Waals surface area contributed by atoms with Gasteiger partial charge in [0.05, 0.1) is 13.7 Å². The quantitative estimate of drug-likeness (QED) is 0.773. The van der Waals surface area contributed by atoms with Crippen molar-refractivity contribution in [3.05, 3.63) is 23.8 Å². The van der Waals surface area contributed by atoms with Crippen LogP contribution in [-0.4, -0.2) is 20.3 Å². The minimum absolute atomic E-state index is 0.388. The highest BCUT2D eigenvalue weighted by Gasteiger charge is 2.22. The van der Waals surface area contributed by atoms with Crippen molar-refractivity contribution in [2.24, 2.45) is 5.92 Å². The molecule has 1 aromatic carbocycles. The second kappa shape index (κ2) is 8.28. The van der Waals surface area contributed by atoms with Crippen LogP contribution in [0.1, 0.15) is 57.6 Å². The Hall–Kier alpha value is -1.22. The Morgan fingerprint density at radius 2 is 2.24 bits per heavy atom. The first-order valence-corrected chi connectivity index (χ1v) is 8.32. The fraction of sp³-hybridized carbons (Fsp3) is 0.667. The molecule has 0 bridgehead atoms. The Labute approximate surface area is 129 Å². The molecule has 0 amide bonds. The second-order valence-corrected chi connectivity index (χ2v) is 5.92. The molecule has 0 saturated heterocycles. The first-order chi connectivity index (χ1) is 10.3. The molecule has 21 heavy (non-hydrogen) atoms. The van der Waals surface area contributed by atoms with Crippen LogP contribution in [0, 0.1) is 5.92 Å². The Bertz CT molecular complexity index is 433. The minimum Gasteiger partial charge on any atom is -0.497 e. The maximum atomic E-state index is 5.76. The fourth-order valence-corrected chi connectivity index (χ4v) is 2.96. The van der Waals surface area contributed by atoms with Crippen LogP contribution in [-0.2, 0) is 0 Å². The third-order valence-corrected chi connectivity index (χ3v) is 4.45. The lowest BCUT2D eigenvalue weighted by Gasteiger charge is -2.28. The third-order valence-electron chi connectivity index (χ3n) is 4.45. The number of fused-ring (bicyclic) bond motifs is 1. The van der Waals surface area contributed by atoms with Crippen molar-refractivity contribution in [1.29, 1.82) is 0 Å². The van der Waals surface area contributed by atoms with E-state index >= 15 is 0 Å². The van der Waals surface area contributed by atoms with E-state index in [4.69, 9.17) is 9.47 Å². The van der Waals surface area contributed by atoms with Gasteiger partial charge in [-0.2, -0.15) is 0 Å². The van der Waals surface area contributed by atoms with E-state index in [1.54, 1.807) is 7.11 Å². The minimum atomic E-state index is 0.388. The number of nitrogens with one attached hydrogen (secondary N) is 1. The molecule has 1 heterocycles. The number of hydrogen-bond donors (Lipinski definition) is 1. The number of hydrogen-bond acceptors (Lipinski definition) is 3. The zero-order chi connectivity index (χ0) is 15.1. The van der Waals surface area contributed by atoms with Gasteiger partial charge in [-0.3, -0.25) is 0 Å². The van der Waals surface area contributed by atoms with Crippen molar-refractivity contribution >= 4 is 0 Å². The topological polar surface area (TPSA) is 30.5 Å². The Morgan fingerprint density at radius 1 is 1.38 bits per heavy atom. The van der Waals surface area contributed by atoms with E-state index in [-0.39, 0.29) is 0 Å². The molecule has 0 fully saturated rings. The summed E-state index contributed by atoms with van der Waals surface area (Å²) in [6.45, 7) is 6.45. The van der Waals surface area contributed by atoms with E-state index in [0.29, 0.717) is 6.04 Å². The zero-order valence-corrected chi connectivity index (χ0v) is 13.7. The first-order valence-electron chi connectivity index (χ1n) is 8.32. The summed E-state index contributed by atoms with van der Waals surface area (Å²) in [6, 6.07) is 6.49. The smallest absolute Gasteiger partial charge is 0.124 e. The van der Waals surface area contributed by atoms with Crippen LogP contribution in [0.25, 0.3) is 0 Å². The van der Waals surface area contributed by atoms with Gasteiger partial charge in [-0.15, -0.1) is 0 Å². The van der Waals surface area contributed by atoms with Crippen LogP contribution in [0.15, 0.2) is 18.2 Å². The van der Waals surface area contributed by atoms with Crippen LogP contribution in [0.5, 0.6) is 11.5 Å². The molecular formula is C18H29NO2. The standard InChI is InChI=1S/C18H29NO2/c1-4-6-7-14(5-2)13-19-17-10-11-21-18-9-8-15(20-3)12-16(17)18/h8-9,12,14,17,19H,4-7,10-11,13H2,1-3H3. The molecule has 3 heteroatoms. The van der Waals surface area contributed by atoms with Crippen molar-refractivity contribution in [3.63, 3.8) is 0 Å². The number of benzene rings is 1. The SMILES string of the molecule is CCCCC(CC)CNC1CCOc2ccc(OC)cc21. The molecule has 0 aliphatic carbocycles. The summed E-state index contributed by atoms with van der Waals surface area (Å²) in [6.07, 6.45) is 6.23. The van der Waals surface area contributed by atoms with E-state index in [2.05, 4.69) is 25.2 Å². The lowest BCUT2D eigenvalue weighted by Crippen LogP contribution is -2.31. The van der Waals surface area contributed by atoms with Gasteiger partial charge in [-0.25, -0.2) is 0 Å². The van der Waals surface area contributed by atoms with Gasteiger partial charge < -0.3 is 14.8 Å². The van der Waals surface area contributed by atoms with Crippen LogP contribution in [0.3, 0.4) is 0 Å². The molecule has 1 aliphatic rings. The normalized spacial score (nSPS) is 18.7. The summed E-state index contributed by atoms with van der Waals surface area (Å²) in [5.41, 5.74) is 1.24. The molecule has 3 nitrogen and oxygen atoms in total. The van der Waals surface area contributed by atoms with Gasteiger partial charge in [0, 0.05) is 18.0 Å². The van der Waals surface area contributed by atoms with Gasteiger partial charge in [-0.1, -0.05) is 33.1 Å². The van der Waals surface area contributed by atoms with Crippen molar-refractivity contribution in [3.8, 4) is 11.5 Å². The summed E-state index contributed by atoms with van der Waals surface area (Å²) in [7, 11) is 1.71. The van der Waals surface area contributed by atoms with Crippen LogP contribution < -0.4 is 14.8 Å². The molecule has 1 N–H and O–H groups in total. The lowest BCUT2D eigenvalue weighted by molar-refractivity contribution is 0.245. The molecule has 0 radical (unpaired) electrons. The maximum Gasteiger partial charge on any atom is 0.124 e. The van der Waals surface area contributed by atoms with Crippen LogP contribution in [0.2, 0.25) is 0 Å². The monoisotopic (exact) mass is 291 g/mol. The summed E-state index contributed by atoms with van der Waals surface area (Å²) in [4.78, 5) is 0. The summed E-state index contributed by atoms with van der Waals surface area (Å²) in [5.74, 6) is 2.69. The predicted octanol–water partition coefficient (Wildman–Crippen LogP) is 4.32. The second-order valence-electron chi connectivity index (χ2n) is 5.92. The highest BCUT2D eigenvalue weighted by atomic mass is 16.5. The number of ether oxygens (including phenoxy) is 2. The zero-order valence-electron chi connectivity index (χ0n) is 13.7. The molecule has 2 rings (SSSR count). The first kappa shape index (κ1) is 16.2. The van der Waals surface area contributed by atoms with Crippen molar-refractivity contribution in [2.45, 2.75) is 52.0 Å². The molecule has 1 aliphatic heterocycles. The summed E-state index contributed by atoms with van der Waals surface area (Å²) in [5, 5.41) is 3.75. The molecule has 2 atom stereocenters. The molecule has 118 valence electrons. The molecule has 0 saturated carbocycles. The fourth-order valence-electron chi connectivity index (χ4n) is 2.96. The van der Waals surface area contributed by atoms with Crippen molar-refractivity contribution < 1.29 is 9.47 Å². The number of rotatable bonds is 8. The Kier molecular flexibility index (Phi) is 6.37. The largest absolute Gasteiger partial charge is 0.497 e. The average Bonchev–Trinajstić information content (AvgIpc) is 2.54. The van der Waals surface area contributed by atoms with Gasteiger partial charge in [-0.05, 0) is 37.1 Å². The van der Waals surface area contributed by atoms with E-state index in [1.165, 1.54) is 31.2 Å². The Balaban J connectivity index is 1.98.